The molecule has 58 valence electrons. The molecule has 0 aromatic rings. The number of carbonyl (C=O) groups excluding carboxylic acids is 1. The Morgan fingerprint density at radius 2 is 1.33 bits per heavy atom. The van der Waals surface area contributed by atoms with E-state index < -0.39 is 17.4 Å². The van der Waals surface area contributed by atoms with Gasteiger partial charge in [0, 0.05) is 0 Å². The molecule has 8 heteroatoms. The molecule has 9 N–H and O–H groups in total. The lowest BCUT2D eigenvalue weighted by atomic mass is 11.2. The molecular weight excluding hydrogens is 150 g/mol. The Bertz CT molecular complexity index is 73.8. The third kappa shape index (κ3) is 418. The second-order valence-corrected chi connectivity index (χ2v) is 1.09. The van der Waals surface area contributed by atoms with Gasteiger partial charge in [-0.2, -0.15) is 4.21 Å². The molecule has 0 saturated heterocycles. The lowest BCUT2D eigenvalue weighted by Gasteiger charge is -1.62. The minimum absolute atomic E-state index is 0. The summed E-state index contributed by atoms with van der Waals surface area (Å²) in [6.45, 7) is 0. The molecule has 0 radical (unpaired) electrons. The van der Waals surface area contributed by atoms with Crippen molar-refractivity contribution in [1.29, 1.82) is 0 Å². The number of rotatable bonds is 0. The Labute approximate surface area is 54.1 Å². The Morgan fingerprint density at radius 1 is 1.33 bits per heavy atom. The van der Waals surface area contributed by atoms with Crippen LogP contribution in [0.25, 0.3) is 0 Å². The highest BCUT2D eigenvalue weighted by molar-refractivity contribution is 7.73. The monoisotopic (exact) mass is 159 g/mol. The van der Waals surface area contributed by atoms with Crippen molar-refractivity contribution >= 4 is 17.4 Å². The maximum absolute atomic E-state index is 9.00. The third-order valence-corrected chi connectivity index (χ3v) is 0. The third-order valence-electron chi connectivity index (χ3n) is 0. The zero-order valence-electron chi connectivity index (χ0n) is 4.48. The van der Waals surface area contributed by atoms with Crippen LogP contribution in [0.3, 0.4) is 0 Å². The molecule has 7 nitrogen and oxygen atoms in total. The molecule has 9 heavy (non-hydrogen) atoms. The maximum atomic E-state index is 9.00. The Balaban J connectivity index is -0.0000000720. The van der Waals surface area contributed by atoms with E-state index in [4.69, 9.17) is 18.1 Å². The van der Waals surface area contributed by atoms with Gasteiger partial charge < -0.3 is 17.6 Å². The summed E-state index contributed by atoms with van der Waals surface area (Å²) < 4.78 is 22.8. The SMILES string of the molecule is N.NC(N)=O.O=S(O)O. The minimum atomic E-state index is -2.61. The summed E-state index contributed by atoms with van der Waals surface area (Å²) >= 11 is -2.61. The largest absolute Gasteiger partial charge is 0.352 e. The molecule has 0 aliphatic rings. The van der Waals surface area contributed by atoms with Crippen molar-refractivity contribution in [3.05, 3.63) is 0 Å². The maximum Gasteiger partial charge on any atom is 0.309 e. The number of carbonyl (C=O) groups is 1. The standard InChI is InChI=1S/CH4N2O.H3N.H2O3S/c2-1(3)4;;1-4(2)3/h(H4,2,3,4);1H3;(H2,1,2,3). The van der Waals surface area contributed by atoms with Gasteiger partial charge in [0.25, 0.3) is 11.4 Å². The molecule has 0 saturated carbocycles. The van der Waals surface area contributed by atoms with Crippen LogP contribution in [-0.4, -0.2) is 19.3 Å². The van der Waals surface area contributed by atoms with Gasteiger partial charge in [-0.25, -0.2) is 4.79 Å². The van der Waals surface area contributed by atoms with Gasteiger partial charge in [-0.1, -0.05) is 0 Å². The second-order valence-electron chi connectivity index (χ2n) is 0.633. The lowest BCUT2D eigenvalue weighted by Crippen LogP contribution is -2.18. The summed E-state index contributed by atoms with van der Waals surface area (Å²) in [5, 5.41) is 0. The summed E-state index contributed by atoms with van der Waals surface area (Å²) in [5.41, 5.74) is 8.50. The van der Waals surface area contributed by atoms with Crippen LogP contribution in [0, 0.1) is 0 Å². The van der Waals surface area contributed by atoms with Crippen LogP contribution < -0.4 is 17.6 Å². The lowest BCUT2D eigenvalue weighted by molar-refractivity contribution is 0.256. The fourth-order valence-corrected chi connectivity index (χ4v) is 0. The molecule has 2 amide bonds. The van der Waals surface area contributed by atoms with Crippen molar-refractivity contribution in [3.63, 3.8) is 0 Å². The molecule has 0 aliphatic carbocycles. The van der Waals surface area contributed by atoms with Crippen LogP contribution in [-0.2, 0) is 11.4 Å². The zero-order chi connectivity index (χ0) is 7.15. The van der Waals surface area contributed by atoms with Crippen LogP contribution in [0.15, 0.2) is 0 Å². The number of nitrogens with two attached hydrogens (primary N) is 2. The fraction of sp³-hybridized carbons (Fsp3) is 0. The van der Waals surface area contributed by atoms with Crippen molar-refractivity contribution in [3.8, 4) is 0 Å². The van der Waals surface area contributed by atoms with Gasteiger partial charge in [0.1, 0.15) is 0 Å². The average molecular weight is 159 g/mol. The first kappa shape index (κ1) is 15.7. The van der Waals surface area contributed by atoms with E-state index >= 15 is 0 Å². The van der Waals surface area contributed by atoms with Gasteiger partial charge in [0.15, 0.2) is 0 Å². The van der Waals surface area contributed by atoms with Gasteiger partial charge in [-0.15, -0.1) is 0 Å². The Morgan fingerprint density at radius 3 is 1.33 bits per heavy atom. The summed E-state index contributed by atoms with van der Waals surface area (Å²) in [6, 6.07) is -0.833. The fourth-order valence-electron chi connectivity index (χ4n) is 0. The number of hydrogen-bond donors (Lipinski definition) is 5. The number of amides is 2. The topological polar surface area (TPSA) is 162 Å². The molecule has 0 aromatic carbocycles. The van der Waals surface area contributed by atoms with E-state index in [9.17, 15) is 0 Å². The van der Waals surface area contributed by atoms with E-state index in [0.717, 1.165) is 0 Å². The predicted molar refractivity (Wildman–Crippen MR) is 32.2 cm³/mol. The van der Waals surface area contributed by atoms with Crippen molar-refractivity contribution < 1.29 is 18.1 Å². The van der Waals surface area contributed by atoms with Gasteiger partial charge in [-0.05, 0) is 0 Å². The van der Waals surface area contributed by atoms with Crippen LogP contribution >= 0.6 is 0 Å². The normalized spacial score (nSPS) is 6.56. The molecule has 0 unspecified atom stereocenters. The first-order valence-corrected chi connectivity index (χ1v) is 2.38. The summed E-state index contributed by atoms with van der Waals surface area (Å²) in [5.74, 6) is 0. The molecule has 0 spiro atoms. The minimum Gasteiger partial charge on any atom is -0.352 e. The predicted octanol–water partition coefficient (Wildman–Crippen LogP) is -1.13. The molecule has 0 heterocycles. The number of urea groups is 1. The summed E-state index contributed by atoms with van der Waals surface area (Å²) in [4.78, 5) is 9.00. The van der Waals surface area contributed by atoms with E-state index in [1.807, 2.05) is 0 Å². The highest BCUT2D eigenvalue weighted by Gasteiger charge is 1.62. The van der Waals surface area contributed by atoms with Gasteiger partial charge >= 0.3 is 6.03 Å². The van der Waals surface area contributed by atoms with Gasteiger partial charge in [-0.3, -0.25) is 9.11 Å². The Kier molecular flexibility index (Phi) is 18.0. The zero-order valence-corrected chi connectivity index (χ0v) is 5.30. The average Bonchev–Trinajstić information content (AvgIpc) is 1.25. The highest BCUT2D eigenvalue weighted by Crippen LogP contribution is 1.44. The van der Waals surface area contributed by atoms with Crippen LogP contribution in [0.5, 0.6) is 0 Å². The van der Waals surface area contributed by atoms with Gasteiger partial charge in [0.2, 0.25) is 0 Å². The number of primary amides is 2. The second kappa shape index (κ2) is 10.3. The molecule has 0 aliphatic heterocycles. The van der Waals surface area contributed by atoms with Crippen molar-refractivity contribution in [1.82, 2.24) is 6.15 Å². The van der Waals surface area contributed by atoms with Crippen LogP contribution in [0.2, 0.25) is 0 Å². The smallest absolute Gasteiger partial charge is 0.309 e. The molecule has 0 rings (SSSR count). The molecule has 0 fully saturated rings. The summed E-state index contributed by atoms with van der Waals surface area (Å²) in [6.07, 6.45) is 0. The van der Waals surface area contributed by atoms with Crippen LogP contribution in [0.4, 0.5) is 4.79 Å². The van der Waals surface area contributed by atoms with Crippen molar-refractivity contribution in [2.75, 3.05) is 0 Å². The van der Waals surface area contributed by atoms with Gasteiger partial charge in [0.05, 0.1) is 0 Å². The molecule has 0 aromatic heterocycles. The Hall–Kier alpha value is -0.700. The molecule has 0 bridgehead atoms. The van der Waals surface area contributed by atoms with E-state index in [-0.39, 0.29) is 6.15 Å². The first-order valence-electron chi connectivity index (χ1n) is 1.31. The van der Waals surface area contributed by atoms with Crippen molar-refractivity contribution in [2.24, 2.45) is 11.5 Å². The van der Waals surface area contributed by atoms with E-state index in [2.05, 4.69) is 11.5 Å². The molecule has 0 atom stereocenters. The van der Waals surface area contributed by atoms with E-state index in [1.54, 1.807) is 0 Å². The molecular formula is CH9N3O4S. The first-order chi connectivity index (χ1) is 3.46. The van der Waals surface area contributed by atoms with Crippen molar-refractivity contribution in [2.45, 2.75) is 0 Å². The van der Waals surface area contributed by atoms with Crippen LogP contribution in [0.1, 0.15) is 0 Å². The summed E-state index contributed by atoms with van der Waals surface area (Å²) in [7, 11) is 0. The quantitative estimate of drug-likeness (QED) is 0.282. The number of hydrogen-bond acceptors (Lipinski definition) is 3. The highest BCUT2D eigenvalue weighted by atomic mass is 32.2. The van der Waals surface area contributed by atoms with E-state index in [0.29, 0.717) is 0 Å². The van der Waals surface area contributed by atoms with E-state index in [1.165, 1.54) is 0 Å².